The predicted molar refractivity (Wildman–Crippen MR) is 245 cm³/mol. The number of rotatable bonds is 10. The van der Waals surface area contributed by atoms with Crippen molar-refractivity contribution in [1.82, 2.24) is 0 Å². The third-order valence-corrected chi connectivity index (χ3v) is 11.3. The lowest BCUT2D eigenvalue weighted by Crippen LogP contribution is -2.11. The van der Waals surface area contributed by atoms with Gasteiger partial charge in [0.15, 0.2) is 0 Å². The molecule has 274 valence electrons. The molecule has 0 aliphatic rings. The van der Waals surface area contributed by atoms with E-state index >= 15 is 0 Å². The van der Waals surface area contributed by atoms with Crippen LogP contribution in [0.2, 0.25) is 0 Å². The first-order valence-corrected chi connectivity index (χ1v) is 20.1. The number of benzene rings is 9. The van der Waals surface area contributed by atoms with E-state index in [0.717, 1.165) is 35.5 Å². The second-order valence-corrected chi connectivity index (χ2v) is 14.6. The maximum atomic E-state index is 2.43. The van der Waals surface area contributed by atoms with Crippen molar-refractivity contribution < 1.29 is 0 Å². The molecule has 1 nitrogen and oxygen atoms in total. The highest BCUT2D eigenvalue weighted by Crippen LogP contribution is 2.46. The van der Waals surface area contributed by atoms with Crippen LogP contribution >= 0.6 is 0 Å². The molecule has 0 saturated heterocycles. The minimum absolute atomic E-state index is 0.934. The minimum atomic E-state index is 0.934. The summed E-state index contributed by atoms with van der Waals surface area (Å²) in [7, 11) is 0. The number of hydrogen-bond donors (Lipinski definition) is 0. The van der Waals surface area contributed by atoms with Gasteiger partial charge in [-0.3, -0.25) is 0 Å². The first-order valence-electron chi connectivity index (χ1n) is 20.1. The Balaban J connectivity index is 1.25. The second kappa shape index (κ2) is 16.0. The Morgan fingerprint density at radius 3 is 1.53 bits per heavy atom. The van der Waals surface area contributed by atoms with Crippen molar-refractivity contribution in [3.63, 3.8) is 0 Å². The Morgan fingerprint density at radius 1 is 0.298 bits per heavy atom. The van der Waals surface area contributed by atoms with E-state index in [2.05, 4.69) is 231 Å². The summed E-state index contributed by atoms with van der Waals surface area (Å²) in [6.07, 6.45) is 1.93. The van der Waals surface area contributed by atoms with Crippen molar-refractivity contribution >= 4 is 27.8 Å². The van der Waals surface area contributed by atoms with Crippen molar-refractivity contribution in [1.29, 1.82) is 0 Å². The first kappa shape index (κ1) is 35.7. The normalized spacial score (nSPS) is 11.1. The molecule has 0 fully saturated rings. The highest BCUT2D eigenvalue weighted by atomic mass is 15.1. The van der Waals surface area contributed by atoms with Crippen LogP contribution in [0.1, 0.15) is 25.0 Å². The summed E-state index contributed by atoms with van der Waals surface area (Å²) in [6.45, 7) is 4.52. The van der Waals surface area contributed by atoms with Gasteiger partial charge in [-0.15, -0.1) is 0 Å². The molecule has 0 aliphatic carbocycles. The minimum Gasteiger partial charge on any atom is -0.310 e. The maximum Gasteiger partial charge on any atom is 0.0468 e. The molecule has 0 aromatic heterocycles. The second-order valence-electron chi connectivity index (χ2n) is 14.6. The number of nitrogens with zero attached hydrogens (tertiary/aromatic N) is 1. The zero-order chi connectivity index (χ0) is 38.6. The van der Waals surface area contributed by atoms with E-state index in [-0.39, 0.29) is 0 Å². The van der Waals surface area contributed by atoms with Crippen LogP contribution in [-0.4, -0.2) is 0 Å². The maximum absolute atomic E-state index is 2.43. The molecule has 0 heterocycles. The van der Waals surface area contributed by atoms with Crippen LogP contribution < -0.4 is 4.90 Å². The first-order chi connectivity index (χ1) is 28.2. The van der Waals surface area contributed by atoms with E-state index in [4.69, 9.17) is 0 Å². The van der Waals surface area contributed by atoms with Gasteiger partial charge >= 0.3 is 0 Å². The topological polar surface area (TPSA) is 3.24 Å². The molecule has 0 atom stereocenters. The Labute approximate surface area is 337 Å². The Kier molecular flexibility index (Phi) is 10.0. The van der Waals surface area contributed by atoms with Crippen LogP contribution in [0.25, 0.3) is 66.4 Å². The van der Waals surface area contributed by atoms with Gasteiger partial charge in [-0.2, -0.15) is 0 Å². The highest BCUT2D eigenvalue weighted by molar-refractivity contribution is 6.00. The van der Waals surface area contributed by atoms with Gasteiger partial charge < -0.3 is 4.90 Å². The number of fused-ring (bicyclic) bond motifs is 1. The molecule has 0 amide bonds. The lowest BCUT2D eigenvalue weighted by molar-refractivity contribution is 1.11. The molecule has 0 saturated carbocycles. The zero-order valence-corrected chi connectivity index (χ0v) is 32.6. The summed E-state index contributed by atoms with van der Waals surface area (Å²) in [5.41, 5.74) is 18.4. The fourth-order valence-electron chi connectivity index (χ4n) is 8.45. The third-order valence-electron chi connectivity index (χ3n) is 11.3. The van der Waals surface area contributed by atoms with Gasteiger partial charge in [0.25, 0.3) is 0 Å². The van der Waals surface area contributed by atoms with Crippen LogP contribution in [0, 0.1) is 0 Å². The summed E-state index contributed by atoms with van der Waals surface area (Å²) >= 11 is 0. The molecule has 0 radical (unpaired) electrons. The third kappa shape index (κ3) is 7.05. The van der Waals surface area contributed by atoms with Gasteiger partial charge in [-0.1, -0.05) is 190 Å². The highest BCUT2D eigenvalue weighted by Gasteiger charge is 2.20. The van der Waals surface area contributed by atoms with Crippen LogP contribution in [0.4, 0.5) is 17.1 Å². The quantitative estimate of drug-likeness (QED) is 0.135. The fourth-order valence-corrected chi connectivity index (χ4v) is 8.45. The molecule has 9 aromatic carbocycles. The SMILES string of the molecule is CCc1ccccc1-c1ccc(N(c2cccc(-c3cccc(-c4ccccc4)c3-c3ccccc3-c3ccccc3)c2)c2ccc3ccccc3c2)cc1CC. The van der Waals surface area contributed by atoms with Crippen molar-refractivity contribution in [3.8, 4) is 55.6 Å². The van der Waals surface area contributed by atoms with Crippen LogP contribution in [0.5, 0.6) is 0 Å². The fraction of sp³-hybridized carbons (Fsp3) is 0.0714. The molecule has 0 bridgehead atoms. The van der Waals surface area contributed by atoms with Crippen LogP contribution in [-0.2, 0) is 12.8 Å². The Morgan fingerprint density at radius 2 is 0.789 bits per heavy atom. The van der Waals surface area contributed by atoms with Crippen LogP contribution in [0.3, 0.4) is 0 Å². The molecule has 0 N–H and O–H groups in total. The summed E-state index contributed by atoms with van der Waals surface area (Å²) in [5.74, 6) is 0. The van der Waals surface area contributed by atoms with Gasteiger partial charge in [0.1, 0.15) is 0 Å². The van der Waals surface area contributed by atoms with Crippen LogP contribution in [0.15, 0.2) is 212 Å². The summed E-state index contributed by atoms with van der Waals surface area (Å²) < 4.78 is 0. The largest absolute Gasteiger partial charge is 0.310 e. The van der Waals surface area contributed by atoms with Gasteiger partial charge in [0.05, 0.1) is 0 Å². The summed E-state index contributed by atoms with van der Waals surface area (Å²) in [4.78, 5) is 2.43. The molecule has 0 aliphatic heterocycles. The van der Waals surface area contributed by atoms with Crippen molar-refractivity contribution in [3.05, 3.63) is 223 Å². The van der Waals surface area contributed by atoms with E-state index in [0.29, 0.717) is 0 Å². The molecule has 0 unspecified atom stereocenters. The monoisotopic (exact) mass is 731 g/mol. The van der Waals surface area contributed by atoms with Gasteiger partial charge in [0, 0.05) is 17.1 Å². The standard InChI is InChI=1S/C56H45N/c1-3-40-19-13-14-28-50(40)52-36-35-49(37-41(52)4-2)57(48-34-33-42-20-11-12-25-45(42)38-48)47-27-17-26-46(39-47)54-32-18-31-53(44-23-9-6-10-24-44)56(54)55-30-16-15-29-51(55)43-21-7-5-8-22-43/h5-39H,3-4H2,1-2H3. The lowest BCUT2D eigenvalue weighted by atomic mass is 9.84. The molecular weight excluding hydrogens is 687 g/mol. The van der Waals surface area contributed by atoms with Gasteiger partial charge in [0.2, 0.25) is 0 Å². The van der Waals surface area contributed by atoms with E-state index in [9.17, 15) is 0 Å². The van der Waals surface area contributed by atoms with Gasteiger partial charge in [-0.25, -0.2) is 0 Å². The Bertz CT molecular complexity index is 2820. The lowest BCUT2D eigenvalue weighted by Gasteiger charge is -2.28. The van der Waals surface area contributed by atoms with E-state index in [1.165, 1.54) is 72.0 Å². The summed E-state index contributed by atoms with van der Waals surface area (Å²) in [5, 5.41) is 2.45. The molecule has 57 heavy (non-hydrogen) atoms. The molecule has 0 spiro atoms. The Hall–Kier alpha value is -6.96. The number of aryl methyl sites for hydroxylation is 2. The summed E-state index contributed by atoms with van der Waals surface area (Å²) in [6, 6.07) is 77.6. The molecule has 1 heteroatoms. The van der Waals surface area contributed by atoms with Crippen molar-refractivity contribution in [2.24, 2.45) is 0 Å². The molecular formula is C56H45N. The molecule has 9 aromatic rings. The predicted octanol–water partition coefficient (Wildman–Crippen LogP) is 15.8. The smallest absolute Gasteiger partial charge is 0.0468 e. The molecule has 9 rings (SSSR count). The van der Waals surface area contributed by atoms with E-state index in [1.54, 1.807) is 0 Å². The zero-order valence-electron chi connectivity index (χ0n) is 32.6. The van der Waals surface area contributed by atoms with Crippen molar-refractivity contribution in [2.75, 3.05) is 4.90 Å². The van der Waals surface area contributed by atoms with E-state index < -0.39 is 0 Å². The van der Waals surface area contributed by atoms with Gasteiger partial charge in [-0.05, 0) is 127 Å². The average molecular weight is 732 g/mol. The number of hydrogen-bond acceptors (Lipinski definition) is 1. The van der Waals surface area contributed by atoms with Crippen molar-refractivity contribution in [2.45, 2.75) is 26.7 Å². The average Bonchev–Trinajstić information content (AvgIpc) is 3.29. The van der Waals surface area contributed by atoms with E-state index in [1.807, 2.05) is 0 Å². The number of anilines is 3.